The fraction of sp³-hybridized carbons (Fsp3) is 0.385. The van der Waals surface area contributed by atoms with E-state index in [1.807, 2.05) is 0 Å². The molecule has 1 nitrogen and oxygen atoms in total. The van der Waals surface area contributed by atoms with Crippen molar-refractivity contribution in [3.63, 3.8) is 0 Å². The molecule has 15 heavy (non-hydrogen) atoms. The van der Waals surface area contributed by atoms with E-state index in [1.165, 1.54) is 11.1 Å². The van der Waals surface area contributed by atoms with Gasteiger partial charge in [0.2, 0.25) is 0 Å². The molecule has 0 spiro atoms. The molecule has 2 rings (SSSR count). The summed E-state index contributed by atoms with van der Waals surface area (Å²) in [7, 11) is 0. The second-order valence-electron chi connectivity index (χ2n) is 3.69. The van der Waals surface area contributed by atoms with Crippen molar-refractivity contribution in [1.82, 2.24) is 5.32 Å². The molecule has 0 saturated heterocycles. The monoisotopic (exact) mass is 217 g/mol. The molecule has 1 aromatic rings. The van der Waals surface area contributed by atoms with Crippen molar-refractivity contribution in [2.75, 3.05) is 12.3 Å². The minimum absolute atomic E-state index is 0.835. The number of hydrogen-bond donors (Lipinski definition) is 2. The summed E-state index contributed by atoms with van der Waals surface area (Å²) in [6.07, 6.45) is 1.99. The molecule has 0 unspecified atom stereocenters. The van der Waals surface area contributed by atoms with Crippen LogP contribution in [0.5, 0.6) is 0 Å². The Morgan fingerprint density at radius 1 is 1.33 bits per heavy atom. The highest BCUT2D eigenvalue weighted by Crippen LogP contribution is 2.15. The number of hydrogen-bond acceptors (Lipinski definition) is 2. The highest BCUT2D eigenvalue weighted by molar-refractivity contribution is 7.80. The zero-order valence-electron chi connectivity index (χ0n) is 8.71. The third-order valence-electron chi connectivity index (χ3n) is 2.56. The maximum atomic E-state index is 4.14. The van der Waals surface area contributed by atoms with E-state index >= 15 is 0 Å². The van der Waals surface area contributed by atoms with Crippen LogP contribution in [0.3, 0.4) is 0 Å². The maximum Gasteiger partial charge on any atom is 0.0248 e. The Hall–Kier alpha value is -0.910. The quantitative estimate of drug-likeness (QED) is 0.541. The Labute approximate surface area is 96.7 Å². The number of fused-ring (bicyclic) bond motifs is 1. The van der Waals surface area contributed by atoms with Gasteiger partial charge < -0.3 is 5.32 Å². The van der Waals surface area contributed by atoms with Crippen LogP contribution in [0, 0.1) is 11.8 Å². The molecule has 0 saturated carbocycles. The van der Waals surface area contributed by atoms with Crippen molar-refractivity contribution in [2.24, 2.45) is 0 Å². The summed E-state index contributed by atoms with van der Waals surface area (Å²) in [6, 6.07) is 6.52. The van der Waals surface area contributed by atoms with Gasteiger partial charge in [-0.1, -0.05) is 17.9 Å². The normalized spacial score (nSPS) is 13.9. The molecule has 1 aromatic carbocycles. The molecule has 0 radical (unpaired) electrons. The SMILES string of the molecule is SCCC#Cc1ccc2c(c1)CCNC2. The van der Waals surface area contributed by atoms with Crippen LogP contribution < -0.4 is 5.32 Å². The molecule has 0 aliphatic carbocycles. The second-order valence-corrected chi connectivity index (χ2v) is 4.13. The van der Waals surface area contributed by atoms with Crippen molar-refractivity contribution in [3.05, 3.63) is 34.9 Å². The largest absolute Gasteiger partial charge is 0.312 e. The van der Waals surface area contributed by atoms with E-state index in [0.717, 1.165) is 37.2 Å². The third kappa shape index (κ3) is 2.77. The van der Waals surface area contributed by atoms with E-state index < -0.39 is 0 Å². The van der Waals surface area contributed by atoms with Crippen LogP contribution in [0.15, 0.2) is 18.2 Å². The zero-order chi connectivity index (χ0) is 10.5. The van der Waals surface area contributed by atoms with Gasteiger partial charge in [-0.3, -0.25) is 0 Å². The lowest BCUT2D eigenvalue weighted by Gasteiger charge is -2.16. The lowest BCUT2D eigenvalue weighted by Crippen LogP contribution is -2.23. The molecular weight excluding hydrogens is 202 g/mol. The Morgan fingerprint density at radius 2 is 2.27 bits per heavy atom. The van der Waals surface area contributed by atoms with Gasteiger partial charge in [0.1, 0.15) is 0 Å². The minimum atomic E-state index is 0.835. The van der Waals surface area contributed by atoms with Gasteiger partial charge in [0.25, 0.3) is 0 Å². The van der Waals surface area contributed by atoms with Gasteiger partial charge in [-0.2, -0.15) is 12.6 Å². The summed E-state index contributed by atoms with van der Waals surface area (Å²) < 4.78 is 0. The average Bonchev–Trinajstić information content (AvgIpc) is 2.29. The third-order valence-corrected chi connectivity index (χ3v) is 2.79. The Bertz CT molecular complexity index is 401. The van der Waals surface area contributed by atoms with E-state index in [0.29, 0.717) is 0 Å². The molecule has 2 heteroatoms. The van der Waals surface area contributed by atoms with E-state index in [9.17, 15) is 0 Å². The maximum absolute atomic E-state index is 4.14. The molecule has 0 atom stereocenters. The van der Waals surface area contributed by atoms with Gasteiger partial charge >= 0.3 is 0 Å². The van der Waals surface area contributed by atoms with E-state index in [1.54, 1.807) is 0 Å². The predicted octanol–water partition coefficient (Wildman–Crippen LogP) is 2.00. The van der Waals surface area contributed by atoms with Gasteiger partial charge in [0, 0.05) is 24.3 Å². The van der Waals surface area contributed by atoms with Crippen molar-refractivity contribution in [1.29, 1.82) is 0 Å². The van der Waals surface area contributed by atoms with Crippen LogP contribution in [0.25, 0.3) is 0 Å². The first-order valence-corrected chi connectivity index (χ1v) is 5.95. The molecule has 0 aromatic heterocycles. The number of nitrogens with one attached hydrogen (secondary N) is 1. The lowest BCUT2D eigenvalue weighted by atomic mass is 9.98. The fourth-order valence-corrected chi connectivity index (χ4v) is 1.89. The van der Waals surface area contributed by atoms with Gasteiger partial charge in [0.15, 0.2) is 0 Å². The summed E-state index contributed by atoms with van der Waals surface area (Å²) in [6.45, 7) is 2.08. The molecule has 1 N–H and O–H groups in total. The van der Waals surface area contributed by atoms with Crippen LogP contribution >= 0.6 is 12.6 Å². The molecule has 1 heterocycles. The molecule has 1 aliphatic heterocycles. The summed E-state index contributed by atoms with van der Waals surface area (Å²) >= 11 is 4.14. The first-order valence-electron chi connectivity index (χ1n) is 5.32. The lowest BCUT2D eigenvalue weighted by molar-refractivity contribution is 0.643. The molecule has 78 valence electrons. The summed E-state index contributed by atoms with van der Waals surface area (Å²) in [5.74, 6) is 7.13. The Kier molecular flexibility index (Phi) is 3.71. The van der Waals surface area contributed by atoms with E-state index in [2.05, 4.69) is 48.0 Å². The molecule has 1 aliphatic rings. The highest BCUT2D eigenvalue weighted by Gasteiger charge is 2.07. The number of benzene rings is 1. The van der Waals surface area contributed by atoms with Crippen LogP contribution in [-0.4, -0.2) is 12.3 Å². The van der Waals surface area contributed by atoms with Crippen LogP contribution in [0.1, 0.15) is 23.1 Å². The standard InChI is InChI=1S/C13H15NS/c15-8-2-1-3-11-4-5-13-10-14-7-6-12(13)9-11/h4-5,9,14-15H,2,6-8,10H2. The van der Waals surface area contributed by atoms with Gasteiger partial charge in [-0.25, -0.2) is 0 Å². The first kappa shape index (κ1) is 10.6. The van der Waals surface area contributed by atoms with Crippen molar-refractivity contribution in [2.45, 2.75) is 19.4 Å². The molecule has 0 fully saturated rings. The van der Waals surface area contributed by atoms with E-state index in [4.69, 9.17) is 0 Å². The van der Waals surface area contributed by atoms with Crippen LogP contribution in [-0.2, 0) is 13.0 Å². The number of rotatable bonds is 1. The Morgan fingerprint density at radius 3 is 3.13 bits per heavy atom. The number of thiol groups is 1. The Balaban J connectivity index is 2.18. The van der Waals surface area contributed by atoms with Gasteiger partial charge in [-0.05, 0) is 36.2 Å². The highest BCUT2D eigenvalue weighted by atomic mass is 32.1. The topological polar surface area (TPSA) is 12.0 Å². The molecule has 0 bridgehead atoms. The van der Waals surface area contributed by atoms with E-state index in [-0.39, 0.29) is 0 Å². The minimum Gasteiger partial charge on any atom is -0.312 e. The van der Waals surface area contributed by atoms with Gasteiger partial charge in [-0.15, -0.1) is 0 Å². The van der Waals surface area contributed by atoms with Crippen LogP contribution in [0.4, 0.5) is 0 Å². The zero-order valence-corrected chi connectivity index (χ0v) is 9.61. The van der Waals surface area contributed by atoms with Crippen molar-refractivity contribution in [3.8, 4) is 11.8 Å². The van der Waals surface area contributed by atoms with Crippen molar-refractivity contribution < 1.29 is 0 Å². The first-order chi connectivity index (χ1) is 7.40. The van der Waals surface area contributed by atoms with Crippen molar-refractivity contribution >= 4 is 12.6 Å². The second kappa shape index (κ2) is 5.25. The molecule has 0 amide bonds. The smallest absolute Gasteiger partial charge is 0.0248 e. The van der Waals surface area contributed by atoms with Gasteiger partial charge in [0.05, 0.1) is 0 Å². The molecular formula is C13H15NS. The summed E-state index contributed by atoms with van der Waals surface area (Å²) in [5.41, 5.74) is 4.00. The average molecular weight is 217 g/mol. The summed E-state index contributed by atoms with van der Waals surface area (Å²) in [4.78, 5) is 0. The predicted molar refractivity (Wildman–Crippen MR) is 67.2 cm³/mol. The van der Waals surface area contributed by atoms with Crippen LogP contribution in [0.2, 0.25) is 0 Å². The summed E-state index contributed by atoms with van der Waals surface area (Å²) in [5, 5.41) is 3.37. The fourth-order valence-electron chi connectivity index (χ4n) is 1.78.